The predicted molar refractivity (Wildman–Crippen MR) is 228 cm³/mol. The summed E-state index contributed by atoms with van der Waals surface area (Å²) in [6.45, 7) is 6.18. The third-order valence-electron chi connectivity index (χ3n) is 13.0. The van der Waals surface area contributed by atoms with Crippen molar-refractivity contribution in [3.8, 4) is 0 Å². The number of thioether (sulfide) groups is 1. The van der Waals surface area contributed by atoms with Crippen LogP contribution >= 0.6 is 11.8 Å². The lowest BCUT2D eigenvalue weighted by atomic mass is 9.72. The fourth-order valence-corrected chi connectivity index (χ4v) is 11.5. The summed E-state index contributed by atoms with van der Waals surface area (Å²) in [5.41, 5.74) is 21.2. The van der Waals surface area contributed by atoms with Gasteiger partial charge in [-0.3, -0.25) is 0 Å². The summed E-state index contributed by atoms with van der Waals surface area (Å²) in [7, 11) is 20.9. The second-order valence-corrected chi connectivity index (χ2v) is 16.7. The van der Waals surface area contributed by atoms with Crippen LogP contribution in [0.4, 0.5) is 0 Å². The Hall–Kier alpha value is -3.88. The molecule has 0 bridgehead atoms. The minimum absolute atomic E-state index is 0.170. The maximum absolute atomic E-state index is 6.95. The van der Waals surface area contributed by atoms with Gasteiger partial charge in [-0.1, -0.05) is 132 Å². The first-order chi connectivity index (χ1) is 25.9. The van der Waals surface area contributed by atoms with Crippen LogP contribution in [0.5, 0.6) is 0 Å². The van der Waals surface area contributed by atoms with Gasteiger partial charge < -0.3 is 0 Å². The molecule has 0 aliphatic heterocycles. The van der Waals surface area contributed by atoms with Crippen LogP contribution in [0.1, 0.15) is 123 Å². The van der Waals surface area contributed by atoms with Crippen molar-refractivity contribution in [1.29, 1.82) is 0 Å². The van der Waals surface area contributed by atoms with E-state index >= 15 is 0 Å². The normalized spacial score (nSPS) is 24.2. The van der Waals surface area contributed by atoms with Crippen LogP contribution in [-0.2, 0) is 19.3 Å². The fraction of sp³-hybridized carbons (Fsp3) is 0.306. The quantitative estimate of drug-likeness (QED) is 0.134. The van der Waals surface area contributed by atoms with Crippen molar-refractivity contribution < 1.29 is 0 Å². The molecule has 0 aromatic heterocycles. The Kier molecular flexibility index (Phi) is 9.05. The van der Waals surface area contributed by atoms with E-state index in [4.69, 9.17) is 23.5 Å². The number of hydrogen-bond donors (Lipinski definition) is 0. The van der Waals surface area contributed by atoms with E-state index in [-0.39, 0.29) is 29.6 Å². The number of rotatable bonds is 4. The molecule has 0 saturated heterocycles. The molecule has 6 radical (unpaired) electrons. The Labute approximate surface area is 325 Å². The third kappa shape index (κ3) is 5.69. The van der Waals surface area contributed by atoms with Gasteiger partial charge in [-0.2, -0.15) is 0 Å². The zero-order chi connectivity index (χ0) is 36.5. The molecule has 10 rings (SSSR count). The second-order valence-electron chi connectivity index (χ2n) is 15.8. The second kappa shape index (κ2) is 13.8. The van der Waals surface area contributed by atoms with Gasteiger partial charge in [0.25, 0.3) is 0 Å². The smallest absolute Gasteiger partial charge is 0.113 e. The number of allylic oxidation sites excluding steroid dienone is 4. The van der Waals surface area contributed by atoms with E-state index in [1.165, 1.54) is 71.7 Å². The van der Waals surface area contributed by atoms with Crippen molar-refractivity contribution in [3.05, 3.63) is 175 Å². The first-order valence-corrected chi connectivity index (χ1v) is 20.9. The average molecular weight is 698 g/mol. The van der Waals surface area contributed by atoms with E-state index in [1.54, 1.807) is 17.3 Å². The van der Waals surface area contributed by atoms with Gasteiger partial charge in [0.15, 0.2) is 0 Å². The molecule has 5 aromatic rings. The van der Waals surface area contributed by atoms with Crippen molar-refractivity contribution in [2.45, 2.75) is 87.4 Å². The molecule has 6 unspecified atom stereocenters. The summed E-state index contributed by atoms with van der Waals surface area (Å²) in [6.07, 6.45) is 14.3. The number of benzene rings is 5. The highest BCUT2D eigenvalue weighted by molar-refractivity contribution is 7.98. The maximum Gasteiger partial charge on any atom is 0.113 e. The van der Waals surface area contributed by atoms with Crippen molar-refractivity contribution in [2.75, 3.05) is 6.26 Å². The van der Waals surface area contributed by atoms with Gasteiger partial charge in [-0.25, -0.2) is 0 Å². The number of aryl methyl sites for hydroxylation is 1. The van der Waals surface area contributed by atoms with E-state index < -0.39 is 0 Å². The monoisotopic (exact) mass is 698 g/mol. The minimum Gasteiger partial charge on any atom is -0.130 e. The molecule has 4 heteroatoms. The first kappa shape index (κ1) is 34.9. The van der Waals surface area contributed by atoms with Gasteiger partial charge in [0.05, 0.1) is 0 Å². The molecule has 0 N–H and O–H groups in total. The standard InChI is InChI=1S/C47H39B3S.C2H6/c1-25-8-10-27(11-9-25)37-20-30-17-34(50)24-41-44(30)46(37)40-23-32(48)16-29-19-36(26-6-4-3-5-7-26)45(42(29)40)39-22-33(49)18-31-21-38(47(41)43(31)39)28-12-14-35(51-2)15-13-28;1-2/h3-4,6,8-18,22-24,36-38,45-47H,5,7,19-21H2,1-2H3;1-2H3. The summed E-state index contributed by atoms with van der Waals surface area (Å²) in [5, 5.41) is 0. The molecule has 0 saturated carbocycles. The molecule has 0 spiro atoms. The van der Waals surface area contributed by atoms with Crippen LogP contribution in [0.15, 0.2) is 114 Å². The topological polar surface area (TPSA) is 0 Å². The summed E-state index contributed by atoms with van der Waals surface area (Å²) in [4.78, 5) is 1.30. The molecular formula is C49H45B3S. The van der Waals surface area contributed by atoms with Gasteiger partial charge in [0, 0.05) is 22.6 Å². The molecule has 5 aromatic carbocycles. The van der Waals surface area contributed by atoms with E-state index in [2.05, 4.69) is 116 Å². The third-order valence-corrected chi connectivity index (χ3v) is 13.7. The van der Waals surface area contributed by atoms with Crippen LogP contribution in [0.25, 0.3) is 0 Å². The molecule has 0 amide bonds. The highest BCUT2D eigenvalue weighted by Gasteiger charge is 2.49. The Morgan fingerprint density at radius 2 is 1.00 bits per heavy atom. The highest BCUT2D eigenvalue weighted by Crippen LogP contribution is 2.62. The lowest BCUT2D eigenvalue weighted by Gasteiger charge is -2.30. The molecule has 256 valence electrons. The molecule has 5 aliphatic rings. The molecule has 6 atom stereocenters. The van der Waals surface area contributed by atoms with Crippen LogP contribution < -0.4 is 16.4 Å². The van der Waals surface area contributed by atoms with Gasteiger partial charge in [-0.05, 0) is 136 Å². The van der Waals surface area contributed by atoms with Crippen LogP contribution in [0.2, 0.25) is 0 Å². The zero-order valence-electron chi connectivity index (χ0n) is 31.5. The minimum atomic E-state index is 0.170. The van der Waals surface area contributed by atoms with Crippen LogP contribution in [0.3, 0.4) is 0 Å². The van der Waals surface area contributed by atoms with Gasteiger partial charge in [0.1, 0.15) is 23.5 Å². The largest absolute Gasteiger partial charge is 0.130 e. The summed E-state index contributed by atoms with van der Waals surface area (Å²) in [5.74, 6) is 1.48. The fourth-order valence-electron chi connectivity index (χ4n) is 11.1. The highest BCUT2D eigenvalue weighted by atomic mass is 32.2. The Bertz CT molecular complexity index is 2300. The Morgan fingerprint density at radius 1 is 0.566 bits per heavy atom. The first-order valence-electron chi connectivity index (χ1n) is 19.7. The SMILES string of the molecule is CC.[B]c1cc2c3c(c1)C1c4c(cc([B])cc4C4c5c(cc([B])cc5C3C(c3ccc(SC)cc3)C2)CC4c2ccc(C)cc2)CC1C1=CC=CCC1. The van der Waals surface area contributed by atoms with Crippen molar-refractivity contribution in [1.82, 2.24) is 0 Å². The van der Waals surface area contributed by atoms with Crippen LogP contribution in [-0.4, -0.2) is 29.8 Å². The molecular weight excluding hydrogens is 653 g/mol. The molecule has 53 heavy (non-hydrogen) atoms. The maximum atomic E-state index is 6.95. The molecule has 0 fully saturated rings. The lowest BCUT2D eigenvalue weighted by Crippen LogP contribution is -2.20. The van der Waals surface area contributed by atoms with Crippen LogP contribution in [0, 0.1) is 12.8 Å². The number of hydrogen-bond acceptors (Lipinski definition) is 1. The molecule has 5 aliphatic carbocycles. The molecule has 0 heterocycles. The Morgan fingerprint density at radius 3 is 1.43 bits per heavy atom. The summed E-state index contributed by atoms with van der Waals surface area (Å²) >= 11 is 1.80. The predicted octanol–water partition coefficient (Wildman–Crippen LogP) is 8.96. The van der Waals surface area contributed by atoms with Crippen molar-refractivity contribution in [3.63, 3.8) is 0 Å². The molecule has 0 nitrogen and oxygen atoms in total. The van der Waals surface area contributed by atoms with Gasteiger partial charge in [-0.15, -0.1) is 11.8 Å². The van der Waals surface area contributed by atoms with Gasteiger partial charge in [0.2, 0.25) is 0 Å². The summed E-state index contributed by atoms with van der Waals surface area (Å²) in [6, 6.07) is 32.6. The average Bonchev–Trinajstić information content (AvgIpc) is 3.87. The van der Waals surface area contributed by atoms with E-state index in [0.29, 0.717) is 5.92 Å². The Balaban J connectivity index is 0.00000183. The van der Waals surface area contributed by atoms with E-state index in [9.17, 15) is 0 Å². The van der Waals surface area contributed by atoms with Gasteiger partial charge >= 0.3 is 0 Å². The summed E-state index contributed by atoms with van der Waals surface area (Å²) < 4.78 is 0. The van der Waals surface area contributed by atoms with Crippen molar-refractivity contribution in [2.24, 2.45) is 5.92 Å². The number of fused-ring (bicyclic) bond motifs is 3. The van der Waals surface area contributed by atoms with E-state index in [0.717, 1.165) is 48.5 Å². The van der Waals surface area contributed by atoms with Crippen molar-refractivity contribution >= 4 is 51.7 Å². The van der Waals surface area contributed by atoms with E-state index in [1.807, 2.05) is 13.8 Å². The zero-order valence-corrected chi connectivity index (χ0v) is 32.3. The lowest BCUT2D eigenvalue weighted by molar-refractivity contribution is 0.551.